The van der Waals surface area contributed by atoms with Crippen LogP contribution in [-0.4, -0.2) is 49.2 Å². The molecule has 2 saturated heterocycles. The molecule has 0 radical (unpaired) electrons. The Hall–Kier alpha value is -3.30. The Balaban J connectivity index is 1.23. The van der Waals surface area contributed by atoms with Gasteiger partial charge in [-0.1, -0.05) is 30.5 Å². The first-order valence-electron chi connectivity index (χ1n) is 13.3. The van der Waals surface area contributed by atoms with Crippen molar-refractivity contribution < 1.29 is 14.3 Å². The smallest absolute Gasteiger partial charge is 0.319 e. The topological polar surface area (TPSA) is 70.7 Å². The van der Waals surface area contributed by atoms with Gasteiger partial charge in [0.05, 0.1) is 6.10 Å². The van der Waals surface area contributed by atoms with Gasteiger partial charge in [-0.05, 0) is 85.8 Å². The summed E-state index contributed by atoms with van der Waals surface area (Å²) in [5.41, 5.74) is 4.68. The molecule has 2 aromatic carbocycles. The molecule has 2 heterocycles. The van der Waals surface area contributed by atoms with Gasteiger partial charge < -0.3 is 20.3 Å². The van der Waals surface area contributed by atoms with Crippen molar-refractivity contribution in [3.8, 4) is 12.3 Å². The fourth-order valence-corrected chi connectivity index (χ4v) is 5.50. The summed E-state index contributed by atoms with van der Waals surface area (Å²) in [4.78, 5) is 28.0. The minimum absolute atomic E-state index is 0.0269. The van der Waals surface area contributed by atoms with Crippen LogP contribution in [0, 0.1) is 12.3 Å². The molecule has 1 saturated carbocycles. The summed E-state index contributed by atoms with van der Waals surface area (Å²) in [5.74, 6) is 3.57. The average molecular weight is 486 g/mol. The number of carbonyl (C=O) groups is 2. The zero-order valence-corrected chi connectivity index (χ0v) is 20.8. The van der Waals surface area contributed by atoms with Gasteiger partial charge in [0.15, 0.2) is 0 Å². The summed E-state index contributed by atoms with van der Waals surface area (Å²) in [6.45, 7) is 2.70. The van der Waals surface area contributed by atoms with E-state index < -0.39 is 0 Å². The van der Waals surface area contributed by atoms with Crippen LogP contribution in [0.3, 0.4) is 0 Å². The van der Waals surface area contributed by atoms with Crippen LogP contribution < -0.4 is 10.6 Å². The van der Waals surface area contributed by atoms with E-state index in [1.54, 1.807) is 0 Å². The van der Waals surface area contributed by atoms with E-state index in [-0.39, 0.29) is 18.0 Å². The van der Waals surface area contributed by atoms with Gasteiger partial charge in [-0.15, -0.1) is 6.42 Å². The van der Waals surface area contributed by atoms with Crippen molar-refractivity contribution in [3.63, 3.8) is 0 Å². The number of rotatable bonds is 6. The van der Waals surface area contributed by atoms with Crippen molar-refractivity contribution in [2.75, 3.05) is 31.6 Å². The van der Waals surface area contributed by atoms with Gasteiger partial charge >= 0.3 is 6.03 Å². The second-order valence-electron chi connectivity index (χ2n) is 10.2. The standard InChI is InChI=1S/C30H35N3O3/c1-2-21-8-10-22(11-9-21)23-14-16-33(17-15-23)29(34)25-12-13-27(24-5-3-6-24)28(19-25)32-30(35)31-20-26-7-4-18-36-26/h1,8-13,19,23-24,26H,3-7,14-18,20H2,(H2,31,32,35)/t26-/m1/s1. The molecule has 188 valence electrons. The van der Waals surface area contributed by atoms with Crippen molar-refractivity contribution >= 4 is 17.6 Å². The Morgan fingerprint density at radius 1 is 0.972 bits per heavy atom. The van der Waals surface area contributed by atoms with Crippen LogP contribution in [0.25, 0.3) is 0 Å². The zero-order valence-electron chi connectivity index (χ0n) is 20.8. The van der Waals surface area contributed by atoms with E-state index in [4.69, 9.17) is 11.2 Å². The van der Waals surface area contributed by atoms with E-state index >= 15 is 0 Å². The molecule has 5 rings (SSSR count). The maximum Gasteiger partial charge on any atom is 0.319 e. The number of terminal acetylenes is 1. The summed E-state index contributed by atoms with van der Waals surface area (Å²) in [5, 5.41) is 5.96. The van der Waals surface area contributed by atoms with Gasteiger partial charge in [0.25, 0.3) is 5.91 Å². The number of urea groups is 1. The van der Waals surface area contributed by atoms with Gasteiger partial charge in [-0.25, -0.2) is 4.79 Å². The van der Waals surface area contributed by atoms with Crippen LogP contribution in [0.1, 0.15) is 83.8 Å². The second-order valence-corrected chi connectivity index (χ2v) is 10.2. The lowest BCUT2D eigenvalue weighted by Crippen LogP contribution is -2.38. The van der Waals surface area contributed by atoms with Gasteiger partial charge in [-0.3, -0.25) is 4.79 Å². The molecule has 0 spiro atoms. The summed E-state index contributed by atoms with van der Waals surface area (Å²) < 4.78 is 5.61. The Morgan fingerprint density at radius 2 is 1.75 bits per heavy atom. The average Bonchev–Trinajstić information content (AvgIpc) is 3.41. The van der Waals surface area contributed by atoms with Crippen LogP contribution in [0.2, 0.25) is 0 Å². The highest BCUT2D eigenvalue weighted by Gasteiger charge is 2.27. The summed E-state index contributed by atoms with van der Waals surface area (Å²) in [6, 6.07) is 13.8. The van der Waals surface area contributed by atoms with Crippen LogP contribution in [0.15, 0.2) is 42.5 Å². The zero-order chi connectivity index (χ0) is 24.9. The number of anilines is 1. The lowest BCUT2D eigenvalue weighted by atomic mass is 9.79. The number of benzene rings is 2. The minimum atomic E-state index is -0.243. The normalized spacial score (nSPS) is 20.4. The third-order valence-electron chi connectivity index (χ3n) is 7.94. The summed E-state index contributed by atoms with van der Waals surface area (Å²) in [6.07, 6.45) is 12.9. The predicted molar refractivity (Wildman–Crippen MR) is 141 cm³/mol. The molecule has 3 aliphatic rings. The quantitative estimate of drug-likeness (QED) is 0.549. The summed E-state index contributed by atoms with van der Waals surface area (Å²) in [7, 11) is 0. The maximum absolute atomic E-state index is 13.4. The number of hydrogen-bond acceptors (Lipinski definition) is 3. The first-order chi connectivity index (χ1) is 17.6. The van der Waals surface area contributed by atoms with Crippen LogP contribution >= 0.6 is 0 Å². The highest BCUT2D eigenvalue weighted by molar-refractivity contribution is 5.97. The third kappa shape index (κ3) is 5.57. The molecule has 0 aromatic heterocycles. The third-order valence-corrected chi connectivity index (χ3v) is 7.94. The second kappa shape index (κ2) is 11.2. The Labute approximate surface area is 213 Å². The molecule has 6 heteroatoms. The van der Waals surface area contributed by atoms with Crippen molar-refractivity contribution in [2.45, 2.75) is 62.9 Å². The fourth-order valence-electron chi connectivity index (χ4n) is 5.50. The van der Waals surface area contributed by atoms with Crippen molar-refractivity contribution in [2.24, 2.45) is 0 Å². The van der Waals surface area contributed by atoms with E-state index in [9.17, 15) is 9.59 Å². The lowest BCUT2D eigenvalue weighted by Gasteiger charge is -2.33. The summed E-state index contributed by atoms with van der Waals surface area (Å²) >= 11 is 0. The Morgan fingerprint density at radius 3 is 2.39 bits per heavy atom. The van der Waals surface area contributed by atoms with Crippen molar-refractivity contribution in [1.29, 1.82) is 0 Å². The van der Waals surface area contributed by atoms with E-state index in [1.165, 1.54) is 12.0 Å². The highest BCUT2D eigenvalue weighted by Crippen LogP contribution is 2.40. The first kappa shape index (κ1) is 24.4. The van der Waals surface area contributed by atoms with E-state index in [1.807, 2.05) is 35.2 Å². The van der Waals surface area contributed by atoms with E-state index in [2.05, 4.69) is 28.7 Å². The molecule has 3 fully saturated rings. The van der Waals surface area contributed by atoms with Gasteiger partial charge in [0.1, 0.15) is 0 Å². The maximum atomic E-state index is 13.4. The molecule has 2 N–H and O–H groups in total. The number of hydrogen-bond donors (Lipinski definition) is 2. The monoisotopic (exact) mass is 485 g/mol. The SMILES string of the molecule is C#Cc1ccc(C2CCN(C(=O)c3ccc(C4CCC4)c(NC(=O)NC[C@H]4CCCO4)c3)CC2)cc1. The fraction of sp³-hybridized carbons (Fsp3) is 0.467. The molecular formula is C30H35N3O3. The van der Waals surface area contributed by atoms with Gasteiger partial charge in [0.2, 0.25) is 0 Å². The molecule has 1 atom stereocenters. The number of amides is 3. The first-order valence-corrected chi connectivity index (χ1v) is 13.3. The number of nitrogens with one attached hydrogen (secondary N) is 2. The molecule has 36 heavy (non-hydrogen) atoms. The largest absolute Gasteiger partial charge is 0.376 e. The van der Waals surface area contributed by atoms with E-state index in [0.29, 0.717) is 23.9 Å². The molecule has 0 bridgehead atoms. The minimum Gasteiger partial charge on any atom is -0.376 e. The molecule has 2 aromatic rings. The Bertz CT molecular complexity index is 1120. The molecular weight excluding hydrogens is 450 g/mol. The van der Waals surface area contributed by atoms with Gasteiger partial charge in [-0.2, -0.15) is 0 Å². The number of ether oxygens (including phenoxy) is 1. The number of carbonyl (C=O) groups excluding carboxylic acids is 2. The Kier molecular flexibility index (Phi) is 7.58. The van der Waals surface area contributed by atoms with Crippen LogP contribution in [0.5, 0.6) is 0 Å². The van der Waals surface area contributed by atoms with Crippen molar-refractivity contribution in [1.82, 2.24) is 10.2 Å². The molecule has 1 aliphatic carbocycles. The lowest BCUT2D eigenvalue weighted by molar-refractivity contribution is 0.0713. The molecule has 0 unspecified atom stereocenters. The molecule has 3 amide bonds. The predicted octanol–water partition coefficient (Wildman–Crippen LogP) is 5.26. The number of likely N-dealkylation sites (tertiary alicyclic amines) is 1. The number of nitrogens with zero attached hydrogens (tertiary/aromatic N) is 1. The van der Waals surface area contributed by atoms with Crippen molar-refractivity contribution in [3.05, 3.63) is 64.7 Å². The van der Waals surface area contributed by atoms with E-state index in [0.717, 1.165) is 75.0 Å². The van der Waals surface area contributed by atoms with Crippen LogP contribution in [-0.2, 0) is 4.74 Å². The molecule has 6 nitrogen and oxygen atoms in total. The molecule has 2 aliphatic heterocycles. The van der Waals surface area contributed by atoms with Crippen LogP contribution in [0.4, 0.5) is 10.5 Å². The van der Waals surface area contributed by atoms with Gasteiger partial charge in [0, 0.05) is 43.1 Å². The highest BCUT2D eigenvalue weighted by atomic mass is 16.5. The number of piperidine rings is 1.